The Morgan fingerprint density at radius 1 is 0.569 bits per heavy atom. The molecule has 1 N–H and O–H groups in total. The van der Waals surface area contributed by atoms with Crippen LogP contribution in [0.25, 0.3) is 0 Å². The van der Waals surface area contributed by atoms with Crippen molar-refractivity contribution in [1.29, 1.82) is 0 Å². The van der Waals surface area contributed by atoms with Crippen molar-refractivity contribution in [3.8, 4) is 0 Å². The second kappa shape index (κ2) is 28.8. The average Bonchev–Trinajstić information content (AvgIpc) is 3.57. The van der Waals surface area contributed by atoms with Crippen LogP contribution in [0.4, 0.5) is 0 Å². The van der Waals surface area contributed by atoms with Crippen LogP contribution in [0.1, 0.15) is 105 Å². The van der Waals surface area contributed by atoms with E-state index in [4.69, 9.17) is 52.5 Å². The van der Waals surface area contributed by atoms with Crippen molar-refractivity contribution in [2.24, 2.45) is 46.3 Å². The lowest BCUT2D eigenvalue weighted by Crippen LogP contribution is -2.51. The molecule has 1 unspecified atom stereocenters. The third-order valence-corrected chi connectivity index (χ3v) is 14.1. The molecule has 0 amide bonds. The van der Waals surface area contributed by atoms with E-state index in [1.54, 1.807) is 5.57 Å². The molecule has 3 fully saturated rings. The zero-order valence-electron chi connectivity index (χ0n) is 37.6. The third kappa shape index (κ3) is 16.9. The van der Waals surface area contributed by atoms with Crippen molar-refractivity contribution in [3.05, 3.63) is 11.6 Å². The Bertz CT molecular complexity index is 1080. The molecule has 0 aliphatic heterocycles. The van der Waals surface area contributed by atoms with E-state index < -0.39 is 0 Å². The molecule has 0 bridgehead atoms. The molecule has 11 heteroatoms. The van der Waals surface area contributed by atoms with Gasteiger partial charge in [-0.2, -0.15) is 0 Å². The van der Waals surface area contributed by atoms with Crippen LogP contribution in [0, 0.1) is 46.3 Å². The maximum absolute atomic E-state index is 8.62. The van der Waals surface area contributed by atoms with Gasteiger partial charge in [0.2, 0.25) is 0 Å². The van der Waals surface area contributed by atoms with Crippen molar-refractivity contribution in [1.82, 2.24) is 0 Å². The summed E-state index contributed by atoms with van der Waals surface area (Å²) in [5, 5.41) is 8.62. The summed E-state index contributed by atoms with van der Waals surface area (Å²) in [5.74, 6) is 5.29. The predicted octanol–water partition coefficient (Wildman–Crippen LogP) is 7.55. The number of aliphatic hydroxyl groups excluding tert-OH is 1. The van der Waals surface area contributed by atoms with E-state index in [0.29, 0.717) is 142 Å². The maximum atomic E-state index is 8.62. The van der Waals surface area contributed by atoms with Gasteiger partial charge in [0.1, 0.15) is 0 Å². The number of fused-ring (bicyclic) bond motifs is 5. The van der Waals surface area contributed by atoms with Crippen LogP contribution >= 0.6 is 0 Å². The molecule has 8 atom stereocenters. The minimum absolute atomic E-state index is 0.0297. The lowest BCUT2D eigenvalue weighted by molar-refractivity contribution is -0.0692. The molecule has 0 radical (unpaired) electrons. The van der Waals surface area contributed by atoms with Crippen molar-refractivity contribution < 1.29 is 52.5 Å². The van der Waals surface area contributed by atoms with Gasteiger partial charge in [0.25, 0.3) is 0 Å². The van der Waals surface area contributed by atoms with Gasteiger partial charge in [0.15, 0.2) is 0 Å². The Morgan fingerprint density at radius 2 is 1.05 bits per heavy atom. The van der Waals surface area contributed by atoms with Gasteiger partial charge in [-0.05, 0) is 97.7 Å². The van der Waals surface area contributed by atoms with E-state index >= 15 is 0 Å². The maximum Gasteiger partial charge on any atom is 0.0704 e. The fourth-order valence-corrected chi connectivity index (χ4v) is 11.0. The zero-order chi connectivity index (χ0) is 41.3. The molecule has 0 aromatic carbocycles. The molecule has 4 aliphatic rings. The highest BCUT2D eigenvalue weighted by Crippen LogP contribution is 2.67. The molecule has 4 aliphatic carbocycles. The Hall–Kier alpha value is -0.700. The molecule has 0 spiro atoms. The molecule has 4 rings (SSSR count). The Labute approximate surface area is 353 Å². The average molecular weight is 827 g/mol. The molecular weight excluding hydrogens is 741 g/mol. The van der Waals surface area contributed by atoms with Crippen LogP contribution in [0.3, 0.4) is 0 Å². The Morgan fingerprint density at radius 3 is 1.53 bits per heavy atom. The molecule has 11 nitrogen and oxygen atoms in total. The van der Waals surface area contributed by atoms with E-state index in [1.165, 1.54) is 64.2 Å². The number of ether oxygens (including phenoxy) is 10. The van der Waals surface area contributed by atoms with Crippen LogP contribution < -0.4 is 0 Å². The largest absolute Gasteiger partial charge is 0.394 e. The molecule has 0 aromatic heterocycles. The lowest BCUT2D eigenvalue weighted by atomic mass is 9.47. The number of hydrogen-bond donors (Lipinski definition) is 1. The summed E-state index contributed by atoms with van der Waals surface area (Å²) in [6.45, 7) is 22.6. The highest BCUT2D eigenvalue weighted by molar-refractivity contribution is 5.25. The fourth-order valence-electron chi connectivity index (χ4n) is 11.0. The first kappa shape index (κ1) is 50.0. The van der Waals surface area contributed by atoms with Crippen LogP contribution in [0.2, 0.25) is 0 Å². The van der Waals surface area contributed by atoms with E-state index in [1.807, 2.05) is 0 Å². The topological polar surface area (TPSA) is 113 Å². The minimum atomic E-state index is 0.0297. The fraction of sp³-hybridized carbons (Fsp3) is 0.957. The molecule has 3 saturated carbocycles. The number of hydrogen-bond acceptors (Lipinski definition) is 11. The van der Waals surface area contributed by atoms with Gasteiger partial charge in [0, 0.05) is 0 Å². The molecule has 340 valence electrons. The smallest absolute Gasteiger partial charge is 0.0704 e. The predicted molar refractivity (Wildman–Crippen MR) is 227 cm³/mol. The van der Waals surface area contributed by atoms with Crippen LogP contribution in [-0.4, -0.2) is 143 Å². The third-order valence-electron chi connectivity index (χ3n) is 14.1. The van der Waals surface area contributed by atoms with Gasteiger partial charge in [-0.1, -0.05) is 65.5 Å². The standard InChI is InChI=1S/C47H86O11/c1-38(2)7-6-8-39(3)43-11-12-44-42-10-9-40-37-41(13-15-46(40,4)45(42)14-16-47(43,44)5)58-36-35-57-34-33-56-32-31-55-30-29-54-28-27-53-26-25-52-24-23-51-22-21-50-20-19-49-18-17-48/h9,38-39,41-45,48H,6-8,10-37H2,1-5H3/t39-,41?,42+,43-,44+,45+,46+,47-/m1/s1. The first-order valence-corrected chi connectivity index (χ1v) is 23.4. The number of allylic oxidation sites excluding steroid dienone is 1. The summed E-state index contributed by atoms with van der Waals surface area (Å²) < 4.78 is 55.9. The van der Waals surface area contributed by atoms with Gasteiger partial charge >= 0.3 is 0 Å². The van der Waals surface area contributed by atoms with E-state index in [9.17, 15) is 0 Å². The summed E-state index contributed by atoms with van der Waals surface area (Å²) >= 11 is 0. The molecule has 0 aromatic rings. The number of aliphatic hydroxyl groups is 1. The van der Waals surface area contributed by atoms with Crippen molar-refractivity contribution >= 4 is 0 Å². The molecule has 0 heterocycles. The van der Waals surface area contributed by atoms with E-state index in [0.717, 1.165) is 41.9 Å². The minimum Gasteiger partial charge on any atom is -0.394 e. The summed E-state index contributed by atoms with van der Waals surface area (Å²) in [4.78, 5) is 0. The van der Waals surface area contributed by atoms with Gasteiger partial charge in [-0.25, -0.2) is 0 Å². The summed E-state index contributed by atoms with van der Waals surface area (Å²) in [5.41, 5.74) is 2.63. The second-order valence-electron chi connectivity index (χ2n) is 18.3. The summed E-state index contributed by atoms with van der Waals surface area (Å²) in [7, 11) is 0. The van der Waals surface area contributed by atoms with Crippen LogP contribution in [0.5, 0.6) is 0 Å². The molecule has 58 heavy (non-hydrogen) atoms. The van der Waals surface area contributed by atoms with E-state index in [-0.39, 0.29) is 6.61 Å². The second-order valence-corrected chi connectivity index (χ2v) is 18.3. The normalized spacial score (nSPS) is 28.7. The van der Waals surface area contributed by atoms with Gasteiger partial charge in [0.05, 0.1) is 138 Å². The summed E-state index contributed by atoms with van der Waals surface area (Å²) in [6, 6.07) is 0. The summed E-state index contributed by atoms with van der Waals surface area (Å²) in [6.07, 6.45) is 17.9. The van der Waals surface area contributed by atoms with Gasteiger partial charge < -0.3 is 52.5 Å². The van der Waals surface area contributed by atoms with E-state index in [2.05, 4.69) is 40.7 Å². The monoisotopic (exact) mass is 827 g/mol. The van der Waals surface area contributed by atoms with Crippen LogP contribution in [-0.2, 0) is 47.4 Å². The van der Waals surface area contributed by atoms with Crippen molar-refractivity contribution in [2.75, 3.05) is 132 Å². The first-order valence-electron chi connectivity index (χ1n) is 23.4. The van der Waals surface area contributed by atoms with Crippen LogP contribution in [0.15, 0.2) is 11.6 Å². The molecule has 0 saturated heterocycles. The van der Waals surface area contributed by atoms with Crippen molar-refractivity contribution in [2.45, 2.75) is 111 Å². The van der Waals surface area contributed by atoms with Crippen molar-refractivity contribution in [3.63, 3.8) is 0 Å². The quantitative estimate of drug-likeness (QED) is 0.0505. The van der Waals surface area contributed by atoms with Gasteiger partial charge in [-0.15, -0.1) is 0 Å². The SMILES string of the molecule is CC(C)CCC[C@@H](C)[C@H]1CC[C@H]2[C@@H]3CC=C4CC(OCCOCCOCCOCCOCCOCCOCCOCCOCCOCCO)CC[C@]4(C)[C@H]3CC[C@]12C. The Balaban J connectivity index is 0.909. The lowest BCUT2D eigenvalue weighted by Gasteiger charge is -2.58. The highest BCUT2D eigenvalue weighted by atomic mass is 16.6. The van der Waals surface area contributed by atoms with Gasteiger partial charge in [-0.3, -0.25) is 0 Å². The Kier molecular flexibility index (Phi) is 24.8. The number of rotatable bonds is 35. The molecular formula is C47H86O11. The zero-order valence-corrected chi connectivity index (χ0v) is 37.6. The highest BCUT2D eigenvalue weighted by Gasteiger charge is 2.59. The first-order chi connectivity index (χ1) is 28.3.